The van der Waals surface area contributed by atoms with Gasteiger partial charge in [-0.25, -0.2) is 4.98 Å². The molecular formula is C25H19ClN4O. The van der Waals surface area contributed by atoms with Crippen LogP contribution in [-0.4, -0.2) is 20.7 Å². The molecule has 1 amide bonds. The van der Waals surface area contributed by atoms with Gasteiger partial charge >= 0.3 is 0 Å². The molecule has 0 radical (unpaired) electrons. The van der Waals surface area contributed by atoms with Crippen LogP contribution in [0.4, 0.5) is 5.82 Å². The average Bonchev–Trinajstić information content (AvgIpc) is 3.21. The maximum Gasteiger partial charge on any atom is 0.258 e. The number of benzene rings is 2. The highest BCUT2D eigenvalue weighted by molar-refractivity contribution is 6.34. The molecule has 2 heterocycles. The normalized spacial score (nSPS) is 10.3. The lowest BCUT2D eigenvalue weighted by Gasteiger charge is -2.10. The average molecular weight is 427 g/mol. The van der Waals surface area contributed by atoms with Crippen LogP contribution in [0.25, 0.3) is 11.3 Å². The van der Waals surface area contributed by atoms with Crippen molar-refractivity contribution in [1.82, 2.24) is 14.8 Å². The Morgan fingerprint density at radius 1 is 1.03 bits per heavy atom. The number of pyridine rings is 1. The molecule has 31 heavy (non-hydrogen) atoms. The first-order valence-electron chi connectivity index (χ1n) is 9.64. The summed E-state index contributed by atoms with van der Waals surface area (Å²) in [7, 11) is 1.85. The number of amides is 1. The van der Waals surface area contributed by atoms with Crippen molar-refractivity contribution in [1.29, 1.82) is 0 Å². The van der Waals surface area contributed by atoms with Gasteiger partial charge in [0.15, 0.2) is 0 Å². The number of halogens is 1. The molecule has 0 saturated carbocycles. The van der Waals surface area contributed by atoms with Crippen LogP contribution in [-0.2, 0) is 7.05 Å². The summed E-state index contributed by atoms with van der Waals surface area (Å²) < 4.78 is 1.74. The summed E-state index contributed by atoms with van der Waals surface area (Å²) in [5.41, 5.74) is 4.63. The number of carbonyl (C=O) groups is 1. The Kier molecular flexibility index (Phi) is 5.83. The highest BCUT2D eigenvalue weighted by Gasteiger charge is 2.15. The Morgan fingerprint density at radius 2 is 1.81 bits per heavy atom. The van der Waals surface area contributed by atoms with Crippen LogP contribution in [0.3, 0.4) is 0 Å². The van der Waals surface area contributed by atoms with Crippen molar-refractivity contribution in [3.63, 3.8) is 0 Å². The summed E-state index contributed by atoms with van der Waals surface area (Å²) in [5, 5.41) is 7.39. The molecule has 0 aliphatic carbocycles. The number of nitrogens with zero attached hydrogens (tertiary/aromatic N) is 3. The van der Waals surface area contributed by atoms with E-state index in [0.29, 0.717) is 16.4 Å². The fraction of sp³-hybridized carbons (Fsp3) is 0.0800. The van der Waals surface area contributed by atoms with Crippen LogP contribution in [0.15, 0.2) is 73.1 Å². The maximum atomic E-state index is 12.9. The number of aryl methyl sites for hydroxylation is 2. The predicted octanol–water partition coefficient (Wildman–Crippen LogP) is 5.10. The Morgan fingerprint density at radius 3 is 2.52 bits per heavy atom. The summed E-state index contributed by atoms with van der Waals surface area (Å²) in [6.07, 6.45) is 3.35. The molecule has 5 nitrogen and oxygen atoms in total. The fourth-order valence-electron chi connectivity index (χ4n) is 3.13. The van der Waals surface area contributed by atoms with Crippen molar-refractivity contribution < 1.29 is 4.79 Å². The summed E-state index contributed by atoms with van der Waals surface area (Å²) in [6.45, 7) is 1.88. The van der Waals surface area contributed by atoms with Gasteiger partial charge in [0.1, 0.15) is 5.82 Å². The van der Waals surface area contributed by atoms with Crippen LogP contribution in [0.1, 0.15) is 27.0 Å². The largest absolute Gasteiger partial charge is 0.306 e. The smallest absolute Gasteiger partial charge is 0.258 e. The summed E-state index contributed by atoms with van der Waals surface area (Å²) in [5.74, 6) is 6.34. The third-order valence-electron chi connectivity index (χ3n) is 4.76. The molecule has 0 atom stereocenters. The highest BCUT2D eigenvalue weighted by atomic mass is 35.5. The van der Waals surface area contributed by atoms with E-state index in [9.17, 15) is 4.79 Å². The van der Waals surface area contributed by atoms with Crippen molar-refractivity contribution in [2.75, 3.05) is 5.32 Å². The second kappa shape index (κ2) is 8.86. The van der Waals surface area contributed by atoms with Gasteiger partial charge in [-0.15, -0.1) is 0 Å². The van der Waals surface area contributed by atoms with Gasteiger partial charge in [-0.3, -0.25) is 9.48 Å². The van der Waals surface area contributed by atoms with E-state index in [1.807, 2.05) is 62.5 Å². The van der Waals surface area contributed by atoms with Gasteiger partial charge in [-0.1, -0.05) is 47.7 Å². The summed E-state index contributed by atoms with van der Waals surface area (Å²) in [4.78, 5) is 17.3. The zero-order valence-electron chi connectivity index (χ0n) is 17.1. The van der Waals surface area contributed by atoms with E-state index in [1.165, 1.54) is 0 Å². The van der Waals surface area contributed by atoms with Gasteiger partial charge in [0.05, 0.1) is 16.3 Å². The molecule has 0 bridgehead atoms. The third-order valence-corrected chi connectivity index (χ3v) is 5.09. The summed E-state index contributed by atoms with van der Waals surface area (Å²) >= 11 is 6.30. The number of nitrogens with one attached hydrogen (secondary N) is 1. The van der Waals surface area contributed by atoms with Crippen molar-refractivity contribution in [2.45, 2.75) is 6.92 Å². The minimum Gasteiger partial charge on any atom is -0.306 e. The Balaban J connectivity index is 1.55. The maximum absolute atomic E-state index is 12.9. The molecule has 4 aromatic rings. The highest BCUT2D eigenvalue weighted by Crippen LogP contribution is 2.26. The molecular weight excluding hydrogens is 408 g/mol. The molecule has 2 aromatic heterocycles. The van der Waals surface area contributed by atoms with Crippen molar-refractivity contribution in [3.8, 4) is 23.1 Å². The Bertz CT molecular complexity index is 1320. The first-order valence-corrected chi connectivity index (χ1v) is 10.0. The van der Waals surface area contributed by atoms with Crippen LogP contribution in [0, 0.1) is 18.8 Å². The molecule has 2 aromatic carbocycles. The second-order valence-corrected chi connectivity index (χ2v) is 7.40. The lowest BCUT2D eigenvalue weighted by molar-refractivity contribution is 0.102. The first-order chi connectivity index (χ1) is 15.0. The van der Waals surface area contributed by atoms with Gasteiger partial charge in [-0.2, -0.15) is 5.10 Å². The monoisotopic (exact) mass is 426 g/mol. The second-order valence-electron chi connectivity index (χ2n) is 6.99. The van der Waals surface area contributed by atoms with E-state index < -0.39 is 0 Å². The molecule has 0 spiro atoms. The minimum atomic E-state index is -0.326. The molecule has 1 N–H and O–H groups in total. The molecule has 0 aliphatic rings. The minimum absolute atomic E-state index is 0.326. The van der Waals surface area contributed by atoms with Crippen LogP contribution >= 0.6 is 11.6 Å². The lowest BCUT2D eigenvalue weighted by Crippen LogP contribution is -2.15. The van der Waals surface area contributed by atoms with E-state index in [-0.39, 0.29) is 5.91 Å². The van der Waals surface area contributed by atoms with Crippen molar-refractivity contribution in [3.05, 3.63) is 100 Å². The van der Waals surface area contributed by atoms with Gasteiger partial charge in [0, 0.05) is 36.1 Å². The molecule has 0 saturated heterocycles. The quantitative estimate of drug-likeness (QED) is 0.464. The number of carbonyl (C=O) groups excluding carboxylic acids is 1. The fourth-order valence-corrected chi connectivity index (χ4v) is 3.33. The zero-order valence-corrected chi connectivity index (χ0v) is 17.8. The molecule has 152 valence electrons. The molecule has 0 fully saturated rings. The zero-order chi connectivity index (χ0) is 21.8. The number of aromatic nitrogens is 3. The molecule has 0 unspecified atom stereocenters. The van der Waals surface area contributed by atoms with Gasteiger partial charge < -0.3 is 5.32 Å². The van der Waals surface area contributed by atoms with Crippen molar-refractivity contribution in [2.24, 2.45) is 7.05 Å². The SMILES string of the molecule is Cc1cc(C#Cc2ccccc2)cnc1NC(=O)c1cc(-c2ccnn2C)ccc1Cl. The van der Waals surface area contributed by atoms with Gasteiger partial charge in [0.25, 0.3) is 5.91 Å². The number of rotatable bonds is 3. The molecule has 0 aliphatic heterocycles. The van der Waals surface area contributed by atoms with Crippen LogP contribution in [0.5, 0.6) is 0 Å². The van der Waals surface area contributed by atoms with E-state index in [1.54, 1.807) is 29.2 Å². The van der Waals surface area contributed by atoms with Gasteiger partial charge in [-0.05, 0) is 48.9 Å². The number of hydrogen-bond donors (Lipinski definition) is 1. The molecule has 6 heteroatoms. The third kappa shape index (κ3) is 4.66. The van der Waals surface area contributed by atoms with Crippen LogP contribution < -0.4 is 5.32 Å². The van der Waals surface area contributed by atoms with E-state index in [0.717, 1.165) is 27.9 Å². The first kappa shape index (κ1) is 20.4. The Labute approximate surface area is 185 Å². The predicted molar refractivity (Wildman–Crippen MR) is 123 cm³/mol. The number of hydrogen-bond acceptors (Lipinski definition) is 3. The standard InChI is InChI=1S/C25H19ClN4O/c1-17-14-19(9-8-18-6-4-3-5-7-18)16-27-24(17)29-25(31)21-15-20(10-11-22(21)26)23-12-13-28-30(23)2/h3-7,10-16H,1-2H3,(H,27,29,31). The van der Waals surface area contributed by atoms with Crippen LogP contribution in [0.2, 0.25) is 5.02 Å². The van der Waals surface area contributed by atoms with E-state index >= 15 is 0 Å². The van der Waals surface area contributed by atoms with Gasteiger partial charge in [0.2, 0.25) is 0 Å². The van der Waals surface area contributed by atoms with E-state index in [2.05, 4.69) is 27.2 Å². The number of anilines is 1. The molecule has 4 rings (SSSR count). The van der Waals surface area contributed by atoms with E-state index in [4.69, 9.17) is 11.6 Å². The van der Waals surface area contributed by atoms with Crippen molar-refractivity contribution >= 4 is 23.3 Å². The summed E-state index contributed by atoms with van der Waals surface area (Å²) in [6, 6.07) is 18.8. The lowest BCUT2D eigenvalue weighted by atomic mass is 10.1. The topological polar surface area (TPSA) is 59.8 Å². The Hall–Kier alpha value is -3.88.